The van der Waals surface area contributed by atoms with Gasteiger partial charge in [-0.3, -0.25) is 4.99 Å². The molecule has 1 heteroatoms. The van der Waals surface area contributed by atoms with Crippen molar-refractivity contribution in [2.45, 2.75) is 47.0 Å². The van der Waals surface area contributed by atoms with Gasteiger partial charge in [0.25, 0.3) is 0 Å². The zero-order valence-electron chi connectivity index (χ0n) is 11.6. The molecule has 0 saturated carbocycles. The average molecular weight is 231 g/mol. The predicted octanol–water partition coefficient (Wildman–Crippen LogP) is 4.92. The van der Waals surface area contributed by atoms with Crippen molar-refractivity contribution >= 4 is 6.21 Å². The summed E-state index contributed by atoms with van der Waals surface area (Å²) in [5.74, 6) is 1.27. The first-order valence-corrected chi connectivity index (χ1v) is 6.69. The average Bonchev–Trinajstić information content (AvgIpc) is 2.51. The summed E-state index contributed by atoms with van der Waals surface area (Å²) in [5.41, 5.74) is 2.93. The summed E-state index contributed by atoms with van der Waals surface area (Å²) in [6.07, 6.45) is 14.0. The molecular formula is C16H25N. The first-order valence-electron chi connectivity index (χ1n) is 6.69. The molecule has 0 radical (unpaired) electrons. The highest BCUT2D eigenvalue weighted by molar-refractivity contribution is 5.63. The van der Waals surface area contributed by atoms with Crippen LogP contribution in [0.4, 0.5) is 0 Å². The number of aliphatic imine (C=N–C) groups is 1. The fourth-order valence-electron chi connectivity index (χ4n) is 2.35. The molecular weight excluding hydrogens is 206 g/mol. The minimum absolute atomic E-state index is 0.615. The largest absolute Gasteiger partial charge is 0.269 e. The molecule has 1 aliphatic rings. The Bertz CT molecular complexity index is 345. The Morgan fingerprint density at radius 2 is 2.18 bits per heavy atom. The van der Waals surface area contributed by atoms with Crippen LogP contribution in [0.2, 0.25) is 0 Å². The quantitative estimate of drug-likeness (QED) is 0.595. The molecule has 17 heavy (non-hydrogen) atoms. The SMILES string of the molecule is CCC=CC(C)CC(C)C1=C(C)CC=NC=C1. The second kappa shape index (κ2) is 7.26. The van der Waals surface area contributed by atoms with E-state index in [4.69, 9.17) is 0 Å². The molecule has 0 aromatic rings. The third kappa shape index (κ3) is 4.72. The van der Waals surface area contributed by atoms with Gasteiger partial charge in [-0.25, -0.2) is 0 Å². The van der Waals surface area contributed by atoms with E-state index in [1.807, 2.05) is 12.4 Å². The third-order valence-corrected chi connectivity index (χ3v) is 3.29. The Morgan fingerprint density at radius 3 is 2.88 bits per heavy atom. The van der Waals surface area contributed by atoms with Gasteiger partial charge >= 0.3 is 0 Å². The van der Waals surface area contributed by atoms with E-state index in [2.05, 4.69) is 50.9 Å². The van der Waals surface area contributed by atoms with Crippen molar-refractivity contribution in [3.05, 3.63) is 35.6 Å². The fourth-order valence-corrected chi connectivity index (χ4v) is 2.35. The van der Waals surface area contributed by atoms with Crippen LogP contribution in [0.15, 0.2) is 40.6 Å². The van der Waals surface area contributed by atoms with Gasteiger partial charge in [-0.1, -0.05) is 38.5 Å². The van der Waals surface area contributed by atoms with Crippen LogP contribution >= 0.6 is 0 Å². The Kier molecular flexibility index (Phi) is 5.96. The number of hydrogen-bond donors (Lipinski definition) is 0. The molecule has 0 fully saturated rings. The normalized spacial score (nSPS) is 19.8. The van der Waals surface area contributed by atoms with Crippen LogP contribution < -0.4 is 0 Å². The van der Waals surface area contributed by atoms with E-state index >= 15 is 0 Å². The number of allylic oxidation sites excluding steroid dienone is 5. The van der Waals surface area contributed by atoms with Gasteiger partial charge in [-0.15, -0.1) is 0 Å². The molecule has 0 N–H and O–H groups in total. The summed E-state index contributed by atoms with van der Waals surface area (Å²) >= 11 is 0. The van der Waals surface area contributed by atoms with E-state index in [1.54, 1.807) is 0 Å². The molecule has 2 unspecified atom stereocenters. The van der Waals surface area contributed by atoms with Crippen molar-refractivity contribution in [3.8, 4) is 0 Å². The van der Waals surface area contributed by atoms with Crippen molar-refractivity contribution in [1.29, 1.82) is 0 Å². The minimum Gasteiger partial charge on any atom is -0.269 e. The van der Waals surface area contributed by atoms with Gasteiger partial charge in [0.1, 0.15) is 0 Å². The highest BCUT2D eigenvalue weighted by Gasteiger charge is 2.12. The zero-order valence-corrected chi connectivity index (χ0v) is 11.6. The topological polar surface area (TPSA) is 12.4 Å². The second-order valence-electron chi connectivity index (χ2n) is 5.04. The number of rotatable bonds is 5. The van der Waals surface area contributed by atoms with Gasteiger partial charge in [0.15, 0.2) is 0 Å². The number of hydrogen-bond acceptors (Lipinski definition) is 1. The summed E-state index contributed by atoms with van der Waals surface area (Å²) in [7, 11) is 0. The van der Waals surface area contributed by atoms with Crippen molar-refractivity contribution in [1.82, 2.24) is 0 Å². The van der Waals surface area contributed by atoms with Gasteiger partial charge in [-0.2, -0.15) is 0 Å². The van der Waals surface area contributed by atoms with Crippen LogP contribution in [0.5, 0.6) is 0 Å². The van der Waals surface area contributed by atoms with Crippen LogP contribution in [0.25, 0.3) is 0 Å². The first-order chi connectivity index (χ1) is 8.15. The lowest BCUT2D eigenvalue weighted by Crippen LogP contribution is -2.05. The molecule has 1 rings (SSSR count). The molecule has 94 valence electrons. The standard InChI is InChI=1S/C16H25N/c1-5-6-7-13(2)12-15(4)16-9-11-17-10-8-14(16)3/h6-7,9-11,13,15H,5,8,12H2,1-4H3. The summed E-state index contributed by atoms with van der Waals surface area (Å²) in [6.45, 7) is 9.03. The van der Waals surface area contributed by atoms with Gasteiger partial charge in [-0.05, 0) is 43.3 Å². The molecule has 2 atom stereocenters. The van der Waals surface area contributed by atoms with Crippen LogP contribution in [0.1, 0.15) is 47.0 Å². The van der Waals surface area contributed by atoms with E-state index < -0.39 is 0 Å². The van der Waals surface area contributed by atoms with Crippen molar-refractivity contribution in [2.75, 3.05) is 0 Å². The molecule has 0 saturated heterocycles. The summed E-state index contributed by atoms with van der Waals surface area (Å²) < 4.78 is 0. The smallest absolute Gasteiger partial charge is 0.0266 e. The van der Waals surface area contributed by atoms with Crippen LogP contribution in [0, 0.1) is 11.8 Å². The van der Waals surface area contributed by atoms with E-state index in [1.165, 1.54) is 17.6 Å². The zero-order chi connectivity index (χ0) is 12.7. The van der Waals surface area contributed by atoms with Crippen molar-refractivity contribution in [2.24, 2.45) is 16.8 Å². The van der Waals surface area contributed by atoms with Crippen LogP contribution in [-0.2, 0) is 0 Å². The van der Waals surface area contributed by atoms with E-state index in [0.717, 1.165) is 12.8 Å². The maximum absolute atomic E-state index is 4.22. The van der Waals surface area contributed by atoms with Gasteiger partial charge in [0, 0.05) is 18.8 Å². The van der Waals surface area contributed by atoms with Crippen LogP contribution in [0.3, 0.4) is 0 Å². The molecule has 1 heterocycles. The van der Waals surface area contributed by atoms with Crippen molar-refractivity contribution in [3.63, 3.8) is 0 Å². The van der Waals surface area contributed by atoms with Gasteiger partial charge in [0.2, 0.25) is 0 Å². The molecule has 0 spiro atoms. The highest BCUT2D eigenvalue weighted by atomic mass is 14.7. The molecule has 1 nitrogen and oxygen atoms in total. The maximum Gasteiger partial charge on any atom is 0.0266 e. The molecule has 0 amide bonds. The fraction of sp³-hybridized carbons (Fsp3) is 0.562. The Labute approximate surface area is 106 Å². The summed E-state index contributed by atoms with van der Waals surface area (Å²) in [5, 5.41) is 0. The number of nitrogens with zero attached hydrogens (tertiary/aromatic N) is 1. The Morgan fingerprint density at radius 1 is 1.41 bits per heavy atom. The first kappa shape index (κ1) is 14.0. The monoisotopic (exact) mass is 231 g/mol. The molecule has 1 aliphatic heterocycles. The second-order valence-corrected chi connectivity index (χ2v) is 5.04. The molecule has 0 aliphatic carbocycles. The van der Waals surface area contributed by atoms with Gasteiger partial charge < -0.3 is 0 Å². The Balaban J connectivity index is 2.63. The van der Waals surface area contributed by atoms with E-state index in [-0.39, 0.29) is 0 Å². The third-order valence-electron chi connectivity index (χ3n) is 3.29. The molecule has 0 bridgehead atoms. The lowest BCUT2D eigenvalue weighted by atomic mass is 9.87. The molecule has 0 aromatic heterocycles. The van der Waals surface area contributed by atoms with Gasteiger partial charge in [0.05, 0.1) is 0 Å². The summed E-state index contributed by atoms with van der Waals surface area (Å²) in [4.78, 5) is 4.22. The highest BCUT2D eigenvalue weighted by Crippen LogP contribution is 2.26. The summed E-state index contributed by atoms with van der Waals surface area (Å²) in [6, 6.07) is 0. The molecule has 0 aromatic carbocycles. The predicted molar refractivity (Wildman–Crippen MR) is 77.3 cm³/mol. The van der Waals surface area contributed by atoms with Crippen LogP contribution in [-0.4, -0.2) is 6.21 Å². The lowest BCUT2D eigenvalue weighted by Gasteiger charge is -2.18. The van der Waals surface area contributed by atoms with E-state index in [9.17, 15) is 0 Å². The van der Waals surface area contributed by atoms with Crippen molar-refractivity contribution < 1.29 is 0 Å². The minimum atomic E-state index is 0.615. The lowest BCUT2D eigenvalue weighted by molar-refractivity contribution is 0.526. The Hall–Kier alpha value is -1.11. The van der Waals surface area contributed by atoms with E-state index in [0.29, 0.717) is 11.8 Å². The maximum atomic E-state index is 4.22.